The maximum Gasteiger partial charge on any atom is 0.417 e. The van der Waals surface area contributed by atoms with E-state index in [1.165, 1.54) is 12.3 Å². The highest BCUT2D eigenvalue weighted by Gasteiger charge is 2.33. The van der Waals surface area contributed by atoms with Crippen molar-refractivity contribution in [3.63, 3.8) is 0 Å². The molecule has 0 saturated heterocycles. The van der Waals surface area contributed by atoms with E-state index < -0.39 is 11.7 Å². The number of nitrogens with zero attached hydrogens (tertiary/aromatic N) is 1. The van der Waals surface area contributed by atoms with E-state index in [0.29, 0.717) is 17.3 Å². The Kier molecular flexibility index (Phi) is 4.55. The van der Waals surface area contributed by atoms with Crippen molar-refractivity contribution >= 4 is 33.2 Å². The van der Waals surface area contributed by atoms with E-state index in [1.807, 2.05) is 0 Å². The monoisotopic (exact) mass is 364 g/mol. The largest absolute Gasteiger partial charge is 0.417 e. The van der Waals surface area contributed by atoms with Gasteiger partial charge in [0.1, 0.15) is 0 Å². The maximum absolute atomic E-state index is 12.8. The number of pyridine rings is 1. The van der Waals surface area contributed by atoms with Crippen LogP contribution in [0.1, 0.15) is 11.1 Å². The first-order valence-corrected chi connectivity index (χ1v) is 6.74. The van der Waals surface area contributed by atoms with Crippen LogP contribution in [0.5, 0.6) is 0 Å². The molecule has 0 aliphatic rings. The van der Waals surface area contributed by atoms with Gasteiger partial charge in [0.15, 0.2) is 0 Å². The third-order valence-corrected chi connectivity index (χ3v) is 3.64. The second-order valence-corrected chi connectivity index (χ2v) is 5.27. The minimum Gasteiger partial charge on any atom is -0.381 e. The van der Waals surface area contributed by atoms with E-state index in [2.05, 4.69) is 26.2 Å². The summed E-state index contributed by atoms with van der Waals surface area (Å²) in [5.41, 5.74) is 0.412. The van der Waals surface area contributed by atoms with Crippen LogP contribution < -0.4 is 5.32 Å². The van der Waals surface area contributed by atoms with Gasteiger partial charge in [-0.1, -0.05) is 27.5 Å². The van der Waals surface area contributed by atoms with Gasteiger partial charge < -0.3 is 5.32 Å². The van der Waals surface area contributed by atoms with Gasteiger partial charge in [0.25, 0.3) is 0 Å². The second-order valence-electron chi connectivity index (χ2n) is 4.01. The first-order chi connectivity index (χ1) is 9.38. The molecule has 0 bridgehead atoms. The van der Waals surface area contributed by atoms with Crippen LogP contribution >= 0.6 is 27.5 Å². The van der Waals surface area contributed by atoms with Gasteiger partial charge in [0.2, 0.25) is 0 Å². The molecule has 0 aliphatic heterocycles. The van der Waals surface area contributed by atoms with Crippen molar-refractivity contribution in [1.82, 2.24) is 4.98 Å². The Balaban J connectivity index is 2.17. The summed E-state index contributed by atoms with van der Waals surface area (Å²) in [6, 6.07) is 5.69. The summed E-state index contributed by atoms with van der Waals surface area (Å²) in [5.74, 6) is 0. The van der Waals surface area contributed by atoms with E-state index in [4.69, 9.17) is 11.6 Å². The minimum absolute atomic E-state index is 0.0116. The summed E-state index contributed by atoms with van der Waals surface area (Å²) < 4.78 is 38.3. The lowest BCUT2D eigenvalue weighted by Gasteiger charge is -2.13. The molecule has 0 unspecified atom stereocenters. The van der Waals surface area contributed by atoms with Crippen LogP contribution in [0, 0.1) is 0 Å². The van der Waals surface area contributed by atoms with Crippen molar-refractivity contribution in [2.75, 3.05) is 5.32 Å². The van der Waals surface area contributed by atoms with Crippen LogP contribution in [0.25, 0.3) is 0 Å². The zero-order valence-electron chi connectivity index (χ0n) is 10.0. The first-order valence-electron chi connectivity index (χ1n) is 5.57. The third kappa shape index (κ3) is 3.64. The van der Waals surface area contributed by atoms with Gasteiger partial charge in [-0.2, -0.15) is 13.2 Å². The number of hydrogen-bond acceptors (Lipinski definition) is 2. The predicted octanol–water partition coefficient (Wildman–Crippen LogP) is 5.13. The molecule has 106 valence electrons. The average molecular weight is 366 g/mol. The van der Waals surface area contributed by atoms with Crippen molar-refractivity contribution in [2.45, 2.75) is 12.7 Å². The molecule has 1 aromatic heterocycles. The van der Waals surface area contributed by atoms with Crippen molar-refractivity contribution in [2.24, 2.45) is 0 Å². The Labute approximate surface area is 127 Å². The molecule has 2 nitrogen and oxygen atoms in total. The van der Waals surface area contributed by atoms with Crippen molar-refractivity contribution in [3.8, 4) is 0 Å². The Morgan fingerprint density at radius 3 is 2.65 bits per heavy atom. The molecular weight excluding hydrogens is 357 g/mol. The maximum atomic E-state index is 12.8. The SMILES string of the molecule is FC(F)(F)c1cc(NCc2ccncc2Cl)ccc1Br. The van der Waals surface area contributed by atoms with E-state index in [9.17, 15) is 13.2 Å². The highest BCUT2D eigenvalue weighted by molar-refractivity contribution is 9.10. The quantitative estimate of drug-likeness (QED) is 0.816. The highest BCUT2D eigenvalue weighted by atomic mass is 79.9. The lowest BCUT2D eigenvalue weighted by Crippen LogP contribution is -2.08. The normalized spacial score (nSPS) is 11.4. The van der Waals surface area contributed by atoms with Crippen molar-refractivity contribution in [1.29, 1.82) is 0 Å². The lowest BCUT2D eigenvalue weighted by molar-refractivity contribution is -0.138. The van der Waals surface area contributed by atoms with Gasteiger partial charge in [-0.3, -0.25) is 4.98 Å². The molecule has 0 saturated carbocycles. The van der Waals surface area contributed by atoms with Gasteiger partial charge in [-0.15, -0.1) is 0 Å². The standard InChI is InChI=1S/C13H9BrClF3N2/c14-11-2-1-9(5-10(11)13(16,17)18)20-6-8-3-4-19-7-12(8)15/h1-5,7,20H,6H2. The zero-order valence-corrected chi connectivity index (χ0v) is 12.4. The smallest absolute Gasteiger partial charge is 0.381 e. The summed E-state index contributed by atoms with van der Waals surface area (Å²) in [5, 5.41) is 3.37. The highest BCUT2D eigenvalue weighted by Crippen LogP contribution is 2.36. The van der Waals surface area contributed by atoms with E-state index in [-0.39, 0.29) is 4.47 Å². The molecule has 0 radical (unpaired) electrons. The summed E-state index contributed by atoms with van der Waals surface area (Å²) in [7, 11) is 0. The van der Waals surface area contributed by atoms with E-state index >= 15 is 0 Å². The summed E-state index contributed by atoms with van der Waals surface area (Å²) in [6.45, 7) is 0.320. The molecule has 2 rings (SSSR count). The summed E-state index contributed by atoms with van der Waals surface area (Å²) >= 11 is 8.83. The number of rotatable bonds is 3. The fraction of sp³-hybridized carbons (Fsp3) is 0.154. The number of aromatic nitrogens is 1. The van der Waals surface area contributed by atoms with Gasteiger partial charge in [-0.25, -0.2) is 0 Å². The molecule has 20 heavy (non-hydrogen) atoms. The Bertz CT molecular complexity index is 617. The topological polar surface area (TPSA) is 24.9 Å². The van der Waals surface area contributed by atoms with Crippen LogP contribution in [-0.2, 0) is 12.7 Å². The summed E-state index contributed by atoms with van der Waals surface area (Å²) in [6.07, 6.45) is -1.34. The fourth-order valence-corrected chi connectivity index (χ4v) is 2.25. The van der Waals surface area contributed by atoms with Crippen LogP contribution in [0.3, 0.4) is 0 Å². The molecule has 1 N–H and O–H groups in total. The van der Waals surface area contributed by atoms with Gasteiger partial charge in [-0.05, 0) is 29.8 Å². The van der Waals surface area contributed by atoms with Gasteiger partial charge >= 0.3 is 6.18 Å². The Morgan fingerprint density at radius 1 is 1.25 bits per heavy atom. The van der Waals surface area contributed by atoms with Gasteiger partial charge in [0, 0.05) is 29.1 Å². The molecule has 0 amide bonds. The van der Waals surface area contributed by atoms with Gasteiger partial charge in [0.05, 0.1) is 10.6 Å². The molecule has 7 heteroatoms. The van der Waals surface area contributed by atoms with Crippen LogP contribution in [0.2, 0.25) is 5.02 Å². The number of halogens is 5. The zero-order chi connectivity index (χ0) is 14.8. The van der Waals surface area contributed by atoms with Crippen LogP contribution in [0.15, 0.2) is 41.1 Å². The minimum atomic E-state index is -4.40. The molecule has 0 fully saturated rings. The Morgan fingerprint density at radius 2 is 2.00 bits per heavy atom. The number of benzene rings is 1. The van der Waals surface area contributed by atoms with Crippen molar-refractivity contribution < 1.29 is 13.2 Å². The van der Waals surface area contributed by atoms with Crippen molar-refractivity contribution in [3.05, 3.63) is 57.3 Å². The second kappa shape index (κ2) is 6.01. The molecule has 0 aliphatic carbocycles. The Hall–Kier alpha value is -1.27. The number of hydrogen-bond donors (Lipinski definition) is 1. The van der Waals surface area contributed by atoms with E-state index in [1.54, 1.807) is 18.3 Å². The van der Waals surface area contributed by atoms with Crippen LogP contribution in [0.4, 0.5) is 18.9 Å². The molecule has 0 spiro atoms. The molecule has 2 aromatic rings. The average Bonchev–Trinajstić information content (AvgIpc) is 2.38. The van der Waals surface area contributed by atoms with Crippen LogP contribution in [-0.4, -0.2) is 4.98 Å². The molecule has 0 atom stereocenters. The fourth-order valence-electron chi connectivity index (χ4n) is 1.60. The predicted molar refractivity (Wildman–Crippen MR) is 75.7 cm³/mol. The molecule has 1 aromatic carbocycles. The third-order valence-electron chi connectivity index (χ3n) is 2.61. The first kappa shape index (κ1) is 15.1. The number of nitrogens with one attached hydrogen (secondary N) is 1. The van der Waals surface area contributed by atoms with E-state index in [0.717, 1.165) is 11.6 Å². The number of alkyl halides is 3. The molecule has 1 heterocycles. The summed E-state index contributed by atoms with van der Waals surface area (Å²) in [4.78, 5) is 3.84. The lowest BCUT2D eigenvalue weighted by atomic mass is 10.2. The molecular formula is C13H9BrClF3N2. The number of anilines is 1.